The standard InChI is InChI=1S/C7H8N4O2.C3H9NO/c1-10-5-4(8-3-9-5)6(12)11(2)7(10)13;1-3(4)2-5/h3H,1-2H3,(H,8,9);3,5H,2,4H2,1H3. The number of rotatable bonds is 1. The molecule has 8 nitrogen and oxygen atoms in total. The van der Waals surface area contributed by atoms with Crippen molar-refractivity contribution in [2.45, 2.75) is 13.0 Å². The van der Waals surface area contributed by atoms with Crippen molar-refractivity contribution >= 4 is 11.2 Å². The fourth-order valence-corrected chi connectivity index (χ4v) is 1.27. The van der Waals surface area contributed by atoms with E-state index in [-0.39, 0.29) is 23.9 Å². The minimum atomic E-state index is -0.371. The van der Waals surface area contributed by atoms with Crippen molar-refractivity contribution in [2.24, 2.45) is 19.8 Å². The Morgan fingerprint density at radius 2 is 2.00 bits per heavy atom. The van der Waals surface area contributed by atoms with Gasteiger partial charge in [-0.25, -0.2) is 9.78 Å². The van der Waals surface area contributed by atoms with Crippen LogP contribution < -0.4 is 17.0 Å². The summed E-state index contributed by atoms with van der Waals surface area (Å²) in [5.74, 6) is 0. The smallest absolute Gasteiger partial charge is 0.332 e. The molecule has 0 saturated carbocycles. The summed E-state index contributed by atoms with van der Waals surface area (Å²) in [6.07, 6.45) is 1.39. The molecule has 4 N–H and O–H groups in total. The second-order valence-electron chi connectivity index (χ2n) is 3.97. The molecular weight excluding hydrogens is 238 g/mol. The average molecular weight is 255 g/mol. The third kappa shape index (κ3) is 2.66. The highest BCUT2D eigenvalue weighted by molar-refractivity contribution is 5.68. The highest BCUT2D eigenvalue weighted by Crippen LogP contribution is 1.97. The van der Waals surface area contributed by atoms with Gasteiger partial charge in [0, 0.05) is 20.1 Å². The minimum Gasteiger partial charge on any atom is -0.395 e. The van der Waals surface area contributed by atoms with Gasteiger partial charge in [0.2, 0.25) is 0 Å². The predicted octanol–water partition coefficient (Wildman–Crippen LogP) is -1.71. The van der Waals surface area contributed by atoms with Crippen molar-refractivity contribution in [3.8, 4) is 0 Å². The first-order valence-corrected chi connectivity index (χ1v) is 5.35. The van der Waals surface area contributed by atoms with Gasteiger partial charge in [-0.2, -0.15) is 0 Å². The second-order valence-corrected chi connectivity index (χ2v) is 3.97. The Balaban J connectivity index is 0.000000280. The van der Waals surface area contributed by atoms with E-state index in [9.17, 15) is 9.59 Å². The van der Waals surface area contributed by atoms with Crippen LogP contribution in [-0.2, 0) is 14.1 Å². The van der Waals surface area contributed by atoms with Gasteiger partial charge in [0.05, 0.1) is 12.9 Å². The van der Waals surface area contributed by atoms with Gasteiger partial charge in [-0.3, -0.25) is 13.9 Å². The monoisotopic (exact) mass is 255 g/mol. The number of aromatic amines is 1. The number of fused-ring (bicyclic) bond motifs is 1. The van der Waals surface area contributed by atoms with E-state index in [0.29, 0.717) is 11.2 Å². The van der Waals surface area contributed by atoms with E-state index in [4.69, 9.17) is 10.8 Å². The van der Waals surface area contributed by atoms with Crippen molar-refractivity contribution in [3.05, 3.63) is 27.2 Å². The van der Waals surface area contributed by atoms with E-state index in [1.807, 2.05) is 0 Å². The molecule has 0 spiro atoms. The summed E-state index contributed by atoms with van der Waals surface area (Å²) in [7, 11) is 3.01. The minimum absolute atomic E-state index is 0.0602. The topological polar surface area (TPSA) is 119 Å². The number of nitrogens with zero attached hydrogens (tertiary/aromatic N) is 3. The summed E-state index contributed by atoms with van der Waals surface area (Å²) < 4.78 is 2.37. The number of aliphatic hydroxyl groups is 1. The first-order valence-electron chi connectivity index (χ1n) is 5.35. The zero-order valence-electron chi connectivity index (χ0n) is 10.5. The summed E-state index contributed by atoms with van der Waals surface area (Å²) in [6.45, 7) is 1.83. The number of H-pyrrole nitrogens is 1. The van der Waals surface area contributed by atoms with Crippen LogP contribution in [-0.4, -0.2) is 36.9 Å². The molecule has 1 unspecified atom stereocenters. The van der Waals surface area contributed by atoms with Gasteiger partial charge >= 0.3 is 5.69 Å². The third-order valence-corrected chi connectivity index (χ3v) is 2.32. The largest absolute Gasteiger partial charge is 0.395 e. The molecular formula is C10H17N5O3. The number of hydrogen-bond acceptors (Lipinski definition) is 5. The Morgan fingerprint density at radius 3 is 2.50 bits per heavy atom. The number of imidazole rings is 1. The third-order valence-electron chi connectivity index (χ3n) is 2.32. The van der Waals surface area contributed by atoms with Crippen LogP contribution in [0.25, 0.3) is 11.2 Å². The maximum Gasteiger partial charge on any atom is 0.332 e. The molecule has 2 aromatic heterocycles. The van der Waals surface area contributed by atoms with Crippen molar-refractivity contribution in [2.75, 3.05) is 6.61 Å². The first-order chi connectivity index (χ1) is 8.40. The lowest BCUT2D eigenvalue weighted by molar-refractivity contribution is 0.273. The zero-order valence-corrected chi connectivity index (χ0v) is 10.5. The van der Waals surface area contributed by atoms with E-state index in [1.165, 1.54) is 17.9 Å². The summed E-state index contributed by atoms with van der Waals surface area (Å²) in [6, 6.07) is -0.0602. The lowest BCUT2D eigenvalue weighted by atomic mass is 10.4. The van der Waals surface area contributed by atoms with Crippen LogP contribution in [0.15, 0.2) is 15.9 Å². The molecule has 2 heterocycles. The van der Waals surface area contributed by atoms with Crippen molar-refractivity contribution in [1.82, 2.24) is 19.1 Å². The molecule has 1 atom stereocenters. The van der Waals surface area contributed by atoms with Crippen LogP contribution in [0.3, 0.4) is 0 Å². The van der Waals surface area contributed by atoms with E-state index in [2.05, 4.69) is 9.97 Å². The van der Waals surface area contributed by atoms with E-state index in [1.54, 1.807) is 14.0 Å². The maximum atomic E-state index is 11.4. The lowest BCUT2D eigenvalue weighted by Crippen LogP contribution is -2.36. The molecule has 2 aromatic rings. The van der Waals surface area contributed by atoms with Crippen LogP contribution >= 0.6 is 0 Å². The van der Waals surface area contributed by atoms with Crippen molar-refractivity contribution in [1.29, 1.82) is 0 Å². The molecule has 0 aliphatic rings. The van der Waals surface area contributed by atoms with Crippen molar-refractivity contribution < 1.29 is 5.11 Å². The van der Waals surface area contributed by atoms with Crippen LogP contribution in [0.1, 0.15) is 6.92 Å². The molecule has 18 heavy (non-hydrogen) atoms. The molecule has 0 aliphatic carbocycles. The quantitative estimate of drug-likeness (QED) is 0.560. The first kappa shape index (κ1) is 14.1. The van der Waals surface area contributed by atoms with Crippen LogP contribution in [0, 0.1) is 0 Å². The number of nitrogens with two attached hydrogens (primary N) is 1. The number of nitrogens with one attached hydrogen (secondary N) is 1. The van der Waals surface area contributed by atoms with E-state index >= 15 is 0 Å². The van der Waals surface area contributed by atoms with E-state index in [0.717, 1.165) is 4.57 Å². The van der Waals surface area contributed by atoms with Crippen LogP contribution in [0.5, 0.6) is 0 Å². The Morgan fingerprint density at radius 1 is 1.44 bits per heavy atom. The summed E-state index contributed by atoms with van der Waals surface area (Å²) in [4.78, 5) is 29.4. The Labute approximate surface area is 103 Å². The van der Waals surface area contributed by atoms with Gasteiger partial charge < -0.3 is 15.8 Å². The van der Waals surface area contributed by atoms with Crippen LogP contribution in [0.2, 0.25) is 0 Å². The van der Waals surface area contributed by atoms with Gasteiger partial charge in [0.15, 0.2) is 5.65 Å². The predicted molar refractivity (Wildman–Crippen MR) is 67.3 cm³/mol. The average Bonchev–Trinajstić information content (AvgIpc) is 2.83. The van der Waals surface area contributed by atoms with Gasteiger partial charge in [0.1, 0.15) is 5.52 Å². The highest BCUT2D eigenvalue weighted by Gasteiger charge is 2.08. The fourth-order valence-electron chi connectivity index (χ4n) is 1.27. The van der Waals surface area contributed by atoms with Crippen LogP contribution in [0.4, 0.5) is 0 Å². The molecule has 0 aliphatic heterocycles. The Bertz CT molecular complexity index is 637. The van der Waals surface area contributed by atoms with Gasteiger partial charge in [-0.1, -0.05) is 0 Å². The Hall–Kier alpha value is -1.93. The number of aromatic nitrogens is 4. The summed E-state index contributed by atoms with van der Waals surface area (Å²) >= 11 is 0. The van der Waals surface area contributed by atoms with E-state index < -0.39 is 0 Å². The molecule has 0 bridgehead atoms. The molecule has 2 rings (SSSR count). The van der Waals surface area contributed by atoms with Gasteiger partial charge in [0.25, 0.3) is 5.56 Å². The Kier molecular flexibility index (Phi) is 4.40. The summed E-state index contributed by atoms with van der Waals surface area (Å²) in [5, 5.41) is 8.02. The van der Waals surface area contributed by atoms with Gasteiger partial charge in [-0.15, -0.1) is 0 Å². The van der Waals surface area contributed by atoms with Crippen molar-refractivity contribution in [3.63, 3.8) is 0 Å². The second kappa shape index (κ2) is 5.61. The SMILES string of the molecule is CC(N)CO.Cn1c(=O)c2[nH]cnc2n(C)c1=O. The number of aryl methyl sites for hydroxylation is 1. The summed E-state index contributed by atoms with van der Waals surface area (Å²) in [5.41, 5.74) is 5.05. The maximum absolute atomic E-state index is 11.4. The molecule has 0 saturated heterocycles. The molecule has 0 aromatic carbocycles. The molecule has 0 fully saturated rings. The van der Waals surface area contributed by atoms with Gasteiger partial charge in [-0.05, 0) is 6.92 Å². The molecule has 8 heteroatoms. The lowest BCUT2D eigenvalue weighted by Gasteiger charge is -2.00. The normalized spacial score (nSPS) is 12.1. The fraction of sp³-hybridized carbons (Fsp3) is 0.500. The molecule has 0 radical (unpaired) electrons. The highest BCUT2D eigenvalue weighted by atomic mass is 16.3. The molecule has 0 amide bonds. The number of aliphatic hydroxyl groups excluding tert-OH is 1. The molecule has 100 valence electrons. The zero-order chi connectivity index (χ0) is 13.9. The number of hydrogen-bond donors (Lipinski definition) is 3.